The van der Waals surface area contributed by atoms with E-state index in [1.807, 2.05) is 24.3 Å². The van der Waals surface area contributed by atoms with Crippen molar-refractivity contribution in [3.8, 4) is 5.75 Å². The zero-order valence-corrected chi connectivity index (χ0v) is 13.5. The van der Waals surface area contributed by atoms with E-state index in [4.69, 9.17) is 4.74 Å². The summed E-state index contributed by atoms with van der Waals surface area (Å²) in [4.78, 5) is 18.6. The lowest BCUT2D eigenvalue weighted by molar-refractivity contribution is 0.0860. The Morgan fingerprint density at radius 2 is 2.10 bits per heavy atom. The van der Waals surface area contributed by atoms with E-state index in [0.717, 1.165) is 36.1 Å². The van der Waals surface area contributed by atoms with Gasteiger partial charge >= 0.3 is 0 Å². The molecule has 0 unspecified atom stereocenters. The van der Waals surface area contributed by atoms with Gasteiger partial charge in [-0.05, 0) is 36.4 Å². The number of hydrogen-bond donors (Lipinski definition) is 0. The Kier molecular flexibility index (Phi) is 6.11. The van der Waals surface area contributed by atoms with Crippen molar-refractivity contribution in [2.24, 2.45) is 4.99 Å². The fourth-order valence-electron chi connectivity index (χ4n) is 2.05. The second-order valence-corrected chi connectivity index (χ2v) is 6.01. The van der Waals surface area contributed by atoms with Gasteiger partial charge < -0.3 is 4.74 Å². The summed E-state index contributed by atoms with van der Waals surface area (Å²) >= 11 is 1.62. The Morgan fingerprint density at radius 1 is 1.33 bits per heavy atom. The van der Waals surface area contributed by atoms with Gasteiger partial charge in [-0.15, -0.1) is 0 Å². The summed E-state index contributed by atoms with van der Waals surface area (Å²) in [7, 11) is 0. The van der Waals surface area contributed by atoms with Crippen LogP contribution in [0.25, 0.3) is 0 Å². The third-order valence-electron chi connectivity index (χ3n) is 3.19. The molecule has 4 nitrogen and oxygen atoms in total. The zero-order chi connectivity index (χ0) is 15.1. The molecule has 0 aromatic heterocycles. The number of aliphatic imine (C=N–C) groups is 1. The van der Waals surface area contributed by atoms with Crippen LogP contribution in [0.3, 0.4) is 0 Å². The lowest BCUT2D eigenvalue weighted by Crippen LogP contribution is -2.32. The molecule has 21 heavy (non-hydrogen) atoms. The number of thioether (sulfide) groups is 1. The molecule has 0 atom stereocenters. The molecule has 1 aliphatic heterocycles. The van der Waals surface area contributed by atoms with Gasteiger partial charge in [0, 0.05) is 12.1 Å². The van der Waals surface area contributed by atoms with Crippen molar-refractivity contribution >= 4 is 22.8 Å². The van der Waals surface area contributed by atoms with Crippen molar-refractivity contribution < 1.29 is 9.53 Å². The molecule has 0 N–H and O–H groups in total. The first-order valence-corrected chi connectivity index (χ1v) is 8.46. The second-order valence-electron chi connectivity index (χ2n) is 4.78. The minimum absolute atomic E-state index is 0.0207. The summed E-state index contributed by atoms with van der Waals surface area (Å²) in [5.74, 6) is 1.76. The van der Waals surface area contributed by atoms with Gasteiger partial charge in [0.2, 0.25) is 0 Å². The predicted octanol–water partition coefficient (Wildman–Crippen LogP) is 3.43. The van der Waals surface area contributed by atoms with Crippen molar-refractivity contribution in [3.05, 3.63) is 29.8 Å². The lowest BCUT2D eigenvalue weighted by Gasteiger charge is -2.17. The normalized spacial score (nSPS) is 14.2. The molecule has 0 radical (unpaired) electrons. The van der Waals surface area contributed by atoms with Crippen molar-refractivity contribution in [2.75, 3.05) is 25.4 Å². The summed E-state index contributed by atoms with van der Waals surface area (Å²) in [6, 6.07) is 7.39. The van der Waals surface area contributed by atoms with E-state index in [2.05, 4.69) is 18.8 Å². The summed E-state index contributed by atoms with van der Waals surface area (Å²) in [6.07, 6.45) is 2.16. The van der Waals surface area contributed by atoms with E-state index in [1.54, 1.807) is 16.7 Å². The first-order chi connectivity index (χ1) is 10.3. The number of nitrogens with zero attached hydrogens (tertiary/aromatic N) is 2. The number of carbonyl (C=O) groups excluding carboxylic acids is 1. The highest BCUT2D eigenvalue weighted by atomic mass is 32.2. The minimum Gasteiger partial charge on any atom is -0.494 e. The fraction of sp³-hybridized carbons (Fsp3) is 0.500. The molecule has 0 saturated carbocycles. The van der Waals surface area contributed by atoms with Gasteiger partial charge in [0.15, 0.2) is 5.17 Å². The Labute approximate surface area is 130 Å². The largest absolute Gasteiger partial charge is 0.494 e. The Bertz CT molecular complexity index is 500. The summed E-state index contributed by atoms with van der Waals surface area (Å²) < 4.78 is 5.61. The molecule has 0 saturated heterocycles. The van der Waals surface area contributed by atoms with E-state index in [9.17, 15) is 4.79 Å². The van der Waals surface area contributed by atoms with E-state index in [0.29, 0.717) is 18.7 Å². The van der Waals surface area contributed by atoms with Gasteiger partial charge in [0.05, 0.1) is 13.2 Å². The summed E-state index contributed by atoms with van der Waals surface area (Å²) in [6.45, 7) is 6.30. The Hall–Kier alpha value is -1.49. The molecular formula is C16H22N2O2S. The van der Waals surface area contributed by atoms with Gasteiger partial charge in [-0.2, -0.15) is 0 Å². The molecule has 0 bridgehead atoms. The van der Waals surface area contributed by atoms with Crippen LogP contribution in [-0.4, -0.2) is 41.4 Å². The maximum atomic E-state index is 12.5. The summed E-state index contributed by atoms with van der Waals surface area (Å²) in [5.41, 5.74) is 0.684. The number of unbranched alkanes of at least 4 members (excludes halogenated alkanes) is 1. The standard InChI is InChI=1S/C16H22N2O2S/c1-3-5-12-20-14-8-6-13(7-9-14)15(19)18-11-10-17-16(18)21-4-2/h6-9H,3-5,10-12H2,1-2H3. The molecular weight excluding hydrogens is 284 g/mol. The monoisotopic (exact) mass is 306 g/mol. The topological polar surface area (TPSA) is 41.9 Å². The molecule has 1 aromatic carbocycles. The van der Waals surface area contributed by atoms with Crippen molar-refractivity contribution in [2.45, 2.75) is 26.7 Å². The molecule has 0 aliphatic carbocycles. The highest BCUT2D eigenvalue weighted by Crippen LogP contribution is 2.19. The van der Waals surface area contributed by atoms with E-state index in [-0.39, 0.29) is 5.91 Å². The molecule has 1 aliphatic rings. The number of amidine groups is 1. The molecule has 1 heterocycles. The van der Waals surface area contributed by atoms with E-state index >= 15 is 0 Å². The van der Waals surface area contributed by atoms with Crippen LogP contribution < -0.4 is 4.74 Å². The molecule has 0 spiro atoms. The first kappa shape index (κ1) is 15.9. The van der Waals surface area contributed by atoms with Gasteiger partial charge in [0.25, 0.3) is 5.91 Å². The van der Waals surface area contributed by atoms with Crippen molar-refractivity contribution in [1.29, 1.82) is 0 Å². The maximum Gasteiger partial charge on any atom is 0.259 e. The minimum atomic E-state index is 0.0207. The van der Waals surface area contributed by atoms with Crippen molar-refractivity contribution in [1.82, 2.24) is 4.90 Å². The first-order valence-electron chi connectivity index (χ1n) is 7.48. The SMILES string of the molecule is CCCCOc1ccc(C(=O)N2CCN=C2SCC)cc1. The van der Waals surface area contributed by atoms with Gasteiger partial charge in [0.1, 0.15) is 5.75 Å². The molecule has 2 rings (SSSR count). The average Bonchev–Trinajstić information content (AvgIpc) is 2.96. The van der Waals surface area contributed by atoms with Crippen LogP contribution in [0.4, 0.5) is 0 Å². The fourth-order valence-corrected chi connectivity index (χ4v) is 2.82. The van der Waals surface area contributed by atoms with Crippen LogP contribution in [0.5, 0.6) is 5.75 Å². The van der Waals surface area contributed by atoms with Crippen molar-refractivity contribution in [3.63, 3.8) is 0 Å². The Balaban J connectivity index is 1.98. The molecule has 0 fully saturated rings. The van der Waals surface area contributed by atoms with Crippen LogP contribution in [0, 0.1) is 0 Å². The lowest BCUT2D eigenvalue weighted by atomic mass is 10.2. The van der Waals surface area contributed by atoms with Crippen LogP contribution in [0.1, 0.15) is 37.0 Å². The van der Waals surface area contributed by atoms with Crippen LogP contribution >= 0.6 is 11.8 Å². The number of ether oxygens (including phenoxy) is 1. The number of amides is 1. The third-order valence-corrected chi connectivity index (χ3v) is 4.08. The zero-order valence-electron chi connectivity index (χ0n) is 12.7. The quantitative estimate of drug-likeness (QED) is 0.756. The Morgan fingerprint density at radius 3 is 2.76 bits per heavy atom. The van der Waals surface area contributed by atoms with Crippen LogP contribution in [0.2, 0.25) is 0 Å². The molecule has 114 valence electrons. The highest BCUT2D eigenvalue weighted by Gasteiger charge is 2.24. The van der Waals surface area contributed by atoms with Gasteiger partial charge in [-0.1, -0.05) is 32.0 Å². The number of carbonyl (C=O) groups is 1. The predicted molar refractivity (Wildman–Crippen MR) is 88.3 cm³/mol. The van der Waals surface area contributed by atoms with Crippen LogP contribution in [-0.2, 0) is 0 Å². The second kappa shape index (κ2) is 8.08. The number of benzene rings is 1. The smallest absolute Gasteiger partial charge is 0.259 e. The van der Waals surface area contributed by atoms with Gasteiger partial charge in [-0.3, -0.25) is 14.7 Å². The van der Waals surface area contributed by atoms with Crippen LogP contribution in [0.15, 0.2) is 29.3 Å². The number of hydrogen-bond acceptors (Lipinski definition) is 4. The maximum absolute atomic E-state index is 12.5. The average molecular weight is 306 g/mol. The molecule has 5 heteroatoms. The molecule has 1 aromatic rings. The molecule has 1 amide bonds. The highest BCUT2D eigenvalue weighted by molar-refractivity contribution is 8.13. The van der Waals surface area contributed by atoms with Gasteiger partial charge in [-0.25, -0.2) is 0 Å². The third kappa shape index (κ3) is 4.24. The van der Waals surface area contributed by atoms with E-state index in [1.165, 1.54) is 0 Å². The summed E-state index contributed by atoms with van der Waals surface area (Å²) in [5, 5.41) is 0.839. The van der Waals surface area contributed by atoms with E-state index < -0.39 is 0 Å². The number of rotatable bonds is 6.